The number of hydrazine groups is 1. The van der Waals surface area contributed by atoms with Gasteiger partial charge >= 0.3 is 0 Å². The fourth-order valence-corrected chi connectivity index (χ4v) is 4.87. The molecular formula is C24H35N5O2. The van der Waals surface area contributed by atoms with Gasteiger partial charge < -0.3 is 19.6 Å². The number of aliphatic hydroxyl groups is 1. The van der Waals surface area contributed by atoms with Crippen LogP contribution in [0.15, 0.2) is 48.7 Å². The second-order valence-corrected chi connectivity index (χ2v) is 8.77. The van der Waals surface area contributed by atoms with E-state index in [1.165, 1.54) is 5.56 Å². The second kappa shape index (κ2) is 10.5. The maximum Gasteiger partial charge on any atom is 0.118 e. The maximum atomic E-state index is 10.9. The summed E-state index contributed by atoms with van der Waals surface area (Å²) in [5.74, 6) is 1.34. The number of piperidine rings is 1. The highest BCUT2D eigenvalue weighted by molar-refractivity contribution is 5.30. The van der Waals surface area contributed by atoms with Crippen LogP contribution in [0.4, 0.5) is 0 Å². The van der Waals surface area contributed by atoms with E-state index in [1.807, 2.05) is 30.5 Å². The topological polar surface area (TPSA) is 72.9 Å². The van der Waals surface area contributed by atoms with Crippen LogP contribution in [0.3, 0.4) is 0 Å². The molecule has 2 fully saturated rings. The first-order chi connectivity index (χ1) is 15.1. The van der Waals surface area contributed by atoms with Gasteiger partial charge in [0.25, 0.3) is 0 Å². The van der Waals surface area contributed by atoms with Gasteiger partial charge in [-0.05, 0) is 49.8 Å². The van der Waals surface area contributed by atoms with E-state index in [1.54, 1.807) is 7.11 Å². The summed E-state index contributed by atoms with van der Waals surface area (Å²) in [6.45, 7) is 4.55. The van der Waals surface area contributed by atoms with Crippen molar-refractivity contribution in [2.45, 2.75) is 31.0 Å². The zero-order valence-corrected chi connectivity index (χ0v) is 18.6. The monoisotopic (exact) mass is 425 g/mol. The van der Waals surface area contributed by atoms with Crippen molar-refractivity contribution in [2.75, 3.05) is 46.9 Å². The van der Waals surface area contributed by atoms with Gasteiger partial charge in [-0.25, -0.2) is 5.43 Å². The summed E-state index contributed by atoms with van der Waals surface area (Å²) in [7, 11) is 3.81. The molecule has 7 heteroatoms. The molecule has 7 nitrogen and oxygen atoms in total. The number of β-amino-alcohol motifs (C(OH)–C–C–N with tert-alkyl or cyclic N) is 1. The fourth-order valence-electron chi connectivity index (χ4n) is 4.87. The van der Waals surface area contributed by atoms with Crippen LogP contribution in [-0.4, -0.2) is 78.9 Å². The van der Waals surface area contributed by atoms with E-state index < -0.39 is 0 Å². The standard InChI is InChI=1S/C24H35N5O2/c1-28(13-10-20-5-3-4-12-25-20)22-11-14-29(17-23(22)30)16-19-15-26-27-24(19)18-6-8-21(31-2)9-7-18/h3-9,12,19,22-24,26-27,30H,10-11,13-17H2,1-2H3/t19?,22-,23-,24?/m1/s1. The number of hydrogen-bond acceptors (Lipinski definition) is 7. The van der Waals surface area contributed by atoms with Gasteiger partial charge in [-0.3, -0.25) is 10.4 Å². The lowest BCUT2D eigenvalue weighted by Crippen LogP contribution is -2.54. The summed E-state index contributed by atoms with van der Waals surface area (Å²) in [5, 5.41) is 10.9. The van der Waals surface area contributed by atoms with Crippen molar-refractivity contribution < 1.29 is 9.84 Å². The molecule has 31 heavy (non-hydrogen) atoms. The van der Waals surface area contributed by atoms with Crippen molar-refractivity contribution in [1.82, 2.24) is 25.6 Å². The second-order valence-electron chi connectivity index (χ2n) is 8.77. The number of nitrogens with one attached hydrogen (secondary N) is 2. The molecule has 2 saturated heterocycles. The predicted octanol–water partition coefficient (Wildman–Crippen LogP) is 1.47. The Morgan fingerprint density at radius 2 is 2.06 bits per heavy atom. The van der Waals surface area contributed by atoms with Gasteiger partial charge in [-0.15, -0.1) is 0 Å². The van der Waals surface area contributed by atoms with Gasteiger partial charge in [0.1, 0.15) is 5.75 Å². The van der Waals surface area contributed by atoms with Crippen molar-refractivity contribution in [3.8, 4) is 5.75 Å². The number of rotatable bonds is 8. The van der Waals surface area contributed by atoms with Crippen LogP contribution in [-0.2, 0) is 6.42 Å². The van der Waals surface area contributed by atoms with Crippen LogP contribution in [0.1, 0.15) is 23.7 Å². The Bertz CT molecular complexity index is 803. The number of aliphatic hydroxyl groups excluding tert-OH is 1. The highest BCUT2D eigenvalue weighted by Gasteiger charge is 2.34. The summed E-state index contributed by atoms with van der Waals surface area (Å²) in [4.78, 5) is 9.13. The number of hydrogen-bond donors (Lipinski definition) is 3. The first-order valence-corrected chi connectivity index (χ1v) is 11.3. The van der Waals surface area contributed by atoms with E-state index >= 15 is 0 Å². The molecule has 0 radical (unpaired) electrons. The normalized spacial score (nSPS) is 27.0. The largest absolute Gasteiger partial charge is 0.497 e. The zero-order valence-electron chi connectivity index (χ0n) is 18.6. The lowest BCUT2D eigenvalue weighted by Gasteiger charge is -2.41. The van der Waals surface area contributed by atoms with E-state index in [0.717, 1.165) is 57.0 Å². The Labute approximate surface area is 185 Å². The SMILES string of the molecule is COc1ccc(C2NNCC2CN2CC[C@@H](N(C)CCc3ccccn3)[C@H](O)C2)cc1. The number of likely N-dealkylation sites (tertiary alicyclic amines) is 1. The smallest absolute Gasteiger partial charge is 0.118 e. The maximum absolute atomic E-state index is 10.9. The third-order valence-electron chi connectivity index (χ3n) is 6.70. The van der Waals surface area contributed by atoms with Gasteiger partial charge in [0.05, 0.1) is 19.3 Å². The third-order valence-corrected chi connectivity index (χ3v) is 6.70. The average Bonchev–Trinajstić information content (AvgIpc) is 3.26. The number of pyridine rings is 1. The first kappa shape index (κ1) is 22.2. The van der Waals surface area contributed by atoms with Gasteiger partial charge in [0.15, 0.2) is 0 Å². The molecule has 0 spiro atoms. The van der Waals surface area contributed by atoms with Crippen molar-refractivity contribution in [3.05, 3.63) is 59.9 Å². The summed E-state index contributed by atoms with van der Waals surface area (Å²) < 4.78 is 5.28. The Morgan fingerprint density at radius 1 is 1.23 bits per heavy atom. The van der Waals surface area contributed by atoms with E-state index in [4.69, 9.17) is 4.74 Å². The molecule has 2 aliphatic rings. The Hall–Kier alpha value is -2.03. The number of aromatic nitrogens is 1. The molecule has 2 unspecified atom stereocenters. The highest BCUT2D eigenvalue weighted by atomic mass is 16.5. The first-order valence-electron chi connectivity index (χ1n) is 11.3. The molecule has 0 saturated carbocycles. The Balaban J connectivity index is 1.28. The van der Waals surface area contributed by atoms with Crippen molar-refractivity contribution in [2.24, 2.45) is 5.92 Å². The summed E-state index contributed by atoms with van der Waals surface area (Å²) >= 11 is 0. The summed E-state index contributed by atoms with van der Waals surface area (Å²) in [5.41, 5.74) is 9.12. The molecule has 0 bridgehead atoms. The molecule has 0 amide bonds. The van der Waals surface area contributed by atoms with E-state index in [2.05, 4.69) is 50.9 Å². The molecule has 2 aliphatic heterocycles. The molecule has 4 rings (SSSR count). The van der Waals surface area contributed by atoms with Crippen LogP contribution in [0, 0.1) is 5.92 Å². The third kappa shape index (κ3) is 5.61. The van der Waals surface area contributed by atoms with E-state index in [9.17, 15) is 5.11 Å². The molecular weight excluding hydrogens is 390 g/mol. The zero-order chi connectivity index (χ0) is 21.6. The van der Waals surface area contributed by atoms with E-state index in [-0.39, 0.29) is 18.2 Å². The average molecular weight is 426 g/mol. The lowest BCUT2D eigenvalue weighted by atomic mass is 9.92. The van der Waals surface area contributed by atoms with Gasteiger partial charge in [0, 0.05) is 56.5 Å². The van der Waals surface area contributed by atoms with Crippen LogP contribution in [0.5, 0.6) is 5.75 Å². The molecule has 1 aromatic heterocycles. The van der Waals surface area contributed by atoms with E-state index in [0.29, 0.717) is 5.92 Å². The van der Waals surface area contributed by atoms with Crippen molar-refractivity contribution in [1.29, 1.82) is 0 Å². The Morgan fingerprint density at radius 3 is 2.77 bits per heavy atom. The molecule has 3 N–H and O–H groups in total. The molecule has 1 aromatic carbocycles. The lowest BCUT2D eigenvalue weighted by molar-refractivity contribution is -0.00805. The molecule has 0 aliphatic carbocycles. The molecule has 3 heterocycles. The minimum absolute atomic E-state index is 0.206. The minimum Gasteiger partial charge on any atom is -0.497 e. The minimum atomic E-state index is -0.329. The van der Waals surface area contributed by atoms with Crippen molar-refractivity contribution in [3.63, 3.8) is 0 Å². The number of ether oxygens (including phenoxy) is 1. The molecule has 4 atom stereocenters. The Kier molecular flexibility index (Phi) is 7.53. The van der Waals surface area contributed by atoms with Crippen LogP contribution < -0.4 is 15.6 Å². The van der Waals surface area contributed by atoms with Crippen LogP contribution >= 0.6 is 0 Å². The highest BCUT2D eigenvalue weighted by Crippen LogP contribution is 2.28. The number of nitrogens with zero attached hydrogens (tertiary/aromatic N) is 3. The fraction of sp³-hybridized carbons (Fsp3) is 0.542. The van der Waals surface area contributed by atoms with Crippen LogP contribution in [0.2, 0.25) is 0 Å². The number of methoxy groups -OCH3 is 1. The van der Waals surface area contributed by atoms with Gasteiger partial charge in [-0.2, -0.15) is 0 Å². The summed E-state index contributed by atoms with van der Waals surface area (Å²) in [6.07, 6.45) is 3.41. The number of benzene rings is 1. The van der Waals surface area contributed by atoms with Crippen molar-refractivity contribution >= 4 is 0 Å². The summed E-state index contributed by atoms with van der Waals surface area (Å²) in [6, 6.07) is 14.8. The van der Waals surface area contributed by atoms with Gasteiger partial charge in [-0.1, -0.05) is 18.2 Å². The predicted molar refractivity (Wildman–Crippen MR) is 122 cm³/mol. The van der Waals surface area contributed by atoms with Crippen LogP contribution in [0.25, 0.3) is 0 Å². The quantitative estimate of drug-likeness (QED) is 0.591. The molecule has 168 valence electrons. The van der Waals surface area contributed by atoms with Gasteiger partial charge in [0.2, 0.25) is 0 Å². The number of likely N-dealkylation sites (N-methyl/N-ethyl adjacent to an activating group) is 1. The molecule has 2 aromatic rings.